The molecule has 11 heteroatoms. The number of amides is 1. The number of para-hydroxylation sites is 2. The number of sulfone groups is 1. The fourth-order valence-electron chi connectivity index (χ4n) is 3.93. The summed E-state index contributed by atoms with van der Waals surface area (Å²) in [7, 11) is -1.93. The number of benzene rings is 2. The van der Waals surface area contributed by atoms with E-state index in [4.69, 9.17) is 4.74 Å². The van der Waals surface area contributed by atoms with Crippen molar-refractivity contribution in [3.63, 3.8) is 0 Å². The van der Waals surface area contributed by atoms with Gasteiger partial charge in [-0.1, -0.05) is 42.1 Å². The Morgan fingerprint density at radius 1 is 1.16 bits per heavy atom. The van der Waals surface area contributed by atoms with Gasteiger partial charge in [-0.3, -0.25) is 4.79 Å². The van der Waals surface area contributed by atoms with Crippen molar-refractivity contribution in [1.82, 2.24) is 0 Å². The van der Waals surface area contributed by atoms with Gasteiger partial charge in [0.1, 0.15) is 5.75 Å². The second-order valence-electron chi connectivity index (χ2n) is 7.46. The minimum atomic E-state index is -4.65. The van der Waals surface area contributed by atoms with Crippen molar-refractivity contribution < 1.29 is 31.1 Å². The molecule has 170 valence electrons. The third-order valence-corrected chi connectivity index (χ3v) is 8.50. The van der Waals surface area contributed by atoms with Gasteiger partial charge < -0.3 is 9.64 Å². The monoisotopic (exact) mass is 484 g/mol. The maximum atomic E-state index is 13.7. The Kier molecular flexibility index (Phi) is 5.97. The second-order valence-corrected chi connectivity index (χ2v) is 10.8. The lowest BCUT2D eigenvalue weighted by Crippen LogP contribution is -2.39. The van der Waals surface area contributed by atoms with Crippen LogP contribution >= 0.6 is 11.8 Å². The molecule has 1 amide bonds. The number of fused-ring (bicyclic) bond motifs is 1. The van der Waals surface area contributed by atoms with E-state index in [2.05, 4.69) is 4.99 Å². The summed E-state index contributed by atoms with van der Waals surface area (Å²) < 4.78 is 70.6. The summed E-state index contributed by atoms with van der Waals surface area (Å²) in [6.45, 7) is 0. The van der Waals surface area contributed by atoms with Gasteiger partial charge in [0.2, 0.25) is 0 Å². The maximum Gasteiger partial charge on any atom is 0.418 e. The van der Waals surface area contributed by atoms with Crippen molar-refractivity contribution >= 4 is 38.4 Å². The molecule has 0 spiro atoms. The van der Waals surface area contributed by atoms with Gasteiger partial charge in [-0.05, 0) is 18.2 Å². The lowest BCUT2D eigenvalue weighted by atomic mass is 10.1. The maximum absolute atomic E-state index is 13.7. The molecule has 32 heavy (non-hydrogen) atoms. The predicted molar refractivity (Wildman–Crippen MR) is 117 cm³/mol. The first-order chi connectivity index (χ1) is 15.1. The normalized spacial score (nSPS) is 23.4. The SMILES string of the molecule is COc1ccccc1CC(=O)N=C1S[C@@H]2CS(=O)(=O)C[C@@H]2N1c1ccccc1C(F)(F)F. The van der Waals surface area contributed by atoms with Gasteiger partial charge in [0.15, 0.2) is 15.0 Å². The molecule has 0 radical (unpaired) electrons. The van der Waals surface area contributed by atoms with E-state index < -0.39 is 38.8 Å². The van der Waals surface area contributed by atoms with E-state index in [1.165, 1.54) is 30.2 Å². The highest BCUT2D eigenvalue weighted by Crippen LogP contribution is 2.45. The quantitative estimate of drug-likeness (QED) is 0.661. The van der Waals surface area contributed by atoms with Gasteiger partial charge in [-0.15, -0.1) is 0 Å². The topological polar surface area (TPSA) is 76.0 Å². The molecule has 0 bridgehead atoms. The summed E-state index contributed by atoms with van der Waals surface area (Å²) in [5.74, 6) is -0.528. The fraction of sp³-hybridized carbons (Fsp3) is 0.333. The zero-order chi connectivity index (χ0) is 23.1. The lowest BCUT2D eigenvalue weighted by Gasteiger charge is -2.27. The number of alkyl halides is 3. The molecule has 0 aromatic heterocycles. The van der Waals surface area contributed by atoms with Gasteiger partial charge in [0, 0.05) is 10.8 Å². The molecule has 0 saturated carbocycles. The lowest BCUT2D eigenvalue weighted by molar-refractivity contribution is -0.137. The number of methoxy groups -OCH3 is 1. The zero-order valence-electron chi connectivity index (χ0n) is 16.9. The number of halogens is 3. The number of carbonyl (C=O) groups excluding carboxylic acids is 1. The van der Waals surface area contributed by atoms with Crippen molar-refractivity contribution in [1.29, 1.82) is 0 Å². The van der Waals surface area contributed by atoms with E-state index in [0.29, 0.717) is 11.3 Å². The summed E-state index contributed by atoms with van der Waals surface area (Å²) in [4.78, 5) is 18.1. The molecule has 0 aliphatic carbocycles. The predicted octanol–water partition coefficient (Wildman–Crippen LogP) is 3.56. The largest absolute Gasteiger partial charge is 0.496 e. The summed E-state index contributed by atoms with van der Waals surface area (Å²) in [6, 6.07) is 11.1. The number of rotatable bonds is 4. The Morgan fingerprint density at radius 3 is 2.56 bits per heavy atom. The molecule has 6 nitrogen and oxygen atoms in total. The van der Waals surface area contributed by atoms with Crippen LogP contribution in [0.15, 0.2) is 53.5 Å². The van der Waals surface area contributed by atoms with E-state index >= 15 is 0 Å². The molecular weight excluding hydrogens is 465 g/mol. The fourth-order valence-corrected chi connectivity index (χ4v) is 7.85. The smallest absolute Gasteiger partial charge is 0.418 e. The Balaban J connectivity index is 1.72. The van der Waals surface area contributed by atoms with Crippen molar-refractivity contribution in [2.24, 2.45) is 4.99 Å². The Labute approximate surface area is 187 Å². The molecule has 2 aromatic rings. The van der Waals surface area contributed by atoms with Gasteiger partial charge >= 0.3 is 6.18 Å². The van der Waals surface area contributed by atoms with Crippen LogP contribution in [0, 0.1) is 0 Å². The summed E-state index contributed by atoms with van der Waals surface area (Å²) in [5.41, 5.74) is -0.520. The van der Waals surface area contributed by atoms with Gasteiger partial charge in [-0.25, -0.2) is 8.42 Å². The third kappa shape index (κ3) is 4.49. The molecule has 4 rings (SSSR count). The van der Waals surface area contributed by atoms with Gasteiger partial charge in [0.05, 0.1) is 42.3 Å². The standard InChI is InChI=1S/C21H19F3N2O4S2/c1-30-17-9-5-2-6-13(17)10-19(27)25-20-26(16-11-32(28,29)12-18(16)31-20)15-8-4-3-7-14(15)21(22,23)24/h2-9,16,18H,10-12H2,1H3/t16-,18+/m0/s1. The number of amidine groups is 1. The van der Waals surface area contributed by atoms with Crippen LogP contribution in [0.1, 0.15) is 11.1 Å². The van der Waals surface area contributed by atoms with E-state index in [-0.39, 0.29) is 28.8 Å². The molecule has 2 aliphatic heterocycles. The highest BCUT2D eigenvalue weighted by atomic mass is 32.2. The number of carbonyl (C=O) groups is 1. The molecule has 2 aromatic carbocycles. The summed E-state index contributed by atoms with van der Waals surface area (Å²) in [5, 5.41) is -0.425. The number of hydrogen-bond donors (Lipinski definition) is 0. The van der Waals surface area contributed by atoms with Crippen LogP contribution in [0.2, 0.25) is 0 Å². The molecule has 2 saturated heterocycles. The molecule has 2 aliphatic rings. The summed E-state index contributed by atoms with van der Waals surface area (Å²) >= 11 is 1.03. The summed E-state index contributed by atoms with van der Waals surface area (Å²) in [6.07, 6.45) is -4.75. The average molecular weight is 485 g/mol. The van der Waals surface area contributed by atoms with Crippen LogP contribution in [-0.2, 0) is 27.2 Å². The first-order valence-corrected chi connectivity index (χ1v) is 12.3. The highest BCUT2D eigenvalue weighted by molar-refractivity contribution is 8.16. The molecular formula is C21H19F3N2O4S2. The van der Waals surface area contributed by atoms with Crippen molar-refractivity contribution in [2.75, 3.05) is 23.5 Å². The van der Waals surface area contributed by atoms with Crippen LogP contribution < -0.4 is 9.64 Å². The van der Waals surface area contributed by atoms with Crippen LogP contribution in [0.4, 0.5) is 18.9 Å². The van der Waals surface area contributed by atoms with Crippen LogP contribution in [-0.4, -0.2) is 49.4 Å². The molecule has 2 fully saturated rings. The first kappa shape index (κ1) is 22.7. The average Bonchev–Trinajstić information content (AvgIpc) is 3.18. The first-order valence-electron chi connectivity index (χ1n) is 9.65. The van der Waals surface area contributed by atoms with Crippen LogP contribution in [0.5, 0.6) is 5.75 Å². The minimum Gasteiger partial charge on any atom is -0.496 e. The molecule has 2 heterocycles. The van der Waals surface area contributed by atoms with Crippen molar-refractivity contribution in [3.05, 3.63) is 59.7 Å². The Hall–Kier alpha value is -2.53. The zero-order valence-corrected chi connectivity index (χ0v) is 18.5. The molecule has 0 unspecified atom stereocenters. The number of anilines is 1. The number of thioether (sulfide) groups is 1. The number of nitrogens with zero attached hydrogens (tertiary/aromatic N) is 2. The highest BCUT2D eigenvalue weighted by Gasteiger charge is 2.51. The van der Waals surface area contributed by atoms with Crippen LogP contribution in [0.25, 0.3) is 0 Å². The van der Waals surface area contributed by atoms with E-state index in [0.717, 1.165) is 17.8 Å². The molecule has 2 atom stereocenters. The second kappa shape index (κ2) is 8.43. The van der Waals surface area contributed by atoms with Gasteiger partial charge in [0.25, 0.3) is 5.91 Å². The number of aliphatic imine (C=N–C) groups is 1. The van der Waals surface area contributed by atoms with E-state index in [9.17, 15) is 26.4 Å². The number of hydrogen-bond acceptors (Lipinski definition) is 5. The van der Waals surface area contributed by atoms with E-state index in [1.807, 2.05) is 0 Å². The minimum absolute atomic E-state index is 0.0755. The Morgan fingerprint density at radius 2 is 1.84 bits per heavy atom. The number of ether oxygens (including phenoxy) is 1. The molecule has 0 N–H and O–H groups in total. The van der Waals surface area contributed by atoms with E-state index in [1.54, 1.807) is 24.3 Å². The van der Waals surface area contributed by atoms with Crippen molar-refractivity contribution in [3.8, 4) is 5.75 Å². The Bertz CT molecular complexity index is 1180. The third-order valence-electron chi connectivity index (χ3n) is 5.29. The van der Waals surface area contributed by atoms with Crippen molar-refractivity contribution in [2.45, 2.75) is 23.9 Å². The van der Waals surface area contributed by atoms with Gasteiger partial charge in [-0.2, -0.15) is 18.2 Å². The van der Waals surface area contributed by atoms with Crippen LogP contribution in [0.3, 0.4) is 0 Å².